The van der Waals surface area contributed by atoms with E-state index >= 15 is 0 Å². The third-order valence-corrected chi connectivity index (χ3v) is 3.76. The van der Waals surface area contributed by atoms with Crippen molar-refractivity contribution in [2.45, 2.75) is 20.0 Å². The molecule has 0 saturated carbocycles. The van der Waals surface area contributed by atoms with Gasteiger partial charge in [0.05, 0.1) is 21.2 Å². The molecule has 0 radical (unpaired) electrons. The molecule has 7 nitrogen and oxygen atoms in total. The molecule has 25 heavy (non-hydrogen) atoms. The van der Waals surface area contributed by atoms with Crippen LogP contribution in [0.4, 0.5) is 11.4 Å². The molecule has 0 saturated heterocycles. The van der Waals surface area contributed by atoms with Gasteiger partial charge in [0.25, 0.3) is 11.6 Å². The lowest BCUT2D eigenvalue weighted by Crippen LogP contribution is -2.30. The number of carbonyl (C=O) groups excluding carboxylic acids is 2. The predicted molar refractivity (Wildman–Crippen MR) is 92.8 cm³/mol. The van der Waals surface area contributed by atoms with Crippen molar-refractivity contribution in [3.05, 3.63) is 68.7 Å². The Balaban J connectivity index is 2.07. The van der Waals surface area contributed by atoms with Crippen molar-refractivity contribution in [3.8, 4) is 0 Å². The molecular formula is C17H15ClN2O5. The van der Waals surface area contributed by atoms with Crippen LogP contribution in [0.5, 0.6) is 0 Å². The number of nitrogens with zero attached hydrogens (tertiary/aromatic N) is 1. The minimum absolute atomic E-state index is 0.00491. The molecule has 2 aromatic rings. The number of nitro benzene ring substituents is 1. The number of ether oxygens (including phenoxy) is 1. The van der Waals surface area contributed by atoms with Crippen molar-refractivity contribution in [2.24, 2.45) is 0 Å². The largest absolute Gasteiger partial charge is 0.449 e. The molecule has 0 aliphatic carbocycles. The second-order valence-electron chi connectivity index (χ2n) is 5.28. The quantitative estimate of drug-likeness (QED) is 0.496. The first-order valence-corrected chi connectivity index (χ1v) is 7.69. The highest BCUT2D eigenvalue weighted by Gasteiger charge is 2.21. The summed E-state index contributed by atoms with van der Waals surface area (Å²) >= 11 is 5.95. The average Bonchev–Trinajstić information content (AvgIpc) is 2.56. The van der Waals surface area contributed by atoms with Crippen LogP contribution >= 0.6 is 11.6 Å². The van der Waals surface area contributed by atoms with Crippen LogP contribution < -0.4 is 5.32 Å². The van der Waals surface area contributed by atoms with Crippen LogP contribution in [0.25, 0.3) is 0 Å². The van der Waals surface area contributed by atoms with Crippen LogP contribution in [-0.2, 0) is 9.53 Å². The van der Waals surface area contributed by atoms with Crippen LogP contribution in [0, 0.1) is 17.0 Å². The number of benzene rings is 2. The number of esters is 1. The summed E-state index contributed by atoms with van der Waals surface area (Å²) in [6, 6.07) is 10.6. The molecule has 2 aromatic carbocycles. The van der Waals surface area contributed by atoms with Crippen molar-refractivity contribution in [3.63, 3.8) is 0 Å². The lowest BCUT2D eigenvalue weighted by molar-refractivity contribution is -0.385. The molecule has 130 valence electrons. The summed E-state index contributed by atoms with van der Waals surface area (Å²) in [7, 11) is 0. The maximum Gasteiger partial charge on any atom is 0.339 e. The second kappa shape index (κ2) is 7.76. The highest BCUT2D eigenvalue weighted by molar-refractivity contribution is 6.33. The topological polar surface area (TPSA) is 98.5 Å². The fourth-order valence-electron chi connectivity index (χ4n) is 2.01. The first kappa shape index (κ1) is 18.4. The second-order valence-corrected chi connectivity index (χ2v) is 5.68. The van der Waals surface area contributed by atoms with Crippen molar-refractivity contribution in [1.29, 1.82) is 0 Å². The van der Waals surface area contributed by atoms with E-state index < -0.39 is 22.9 Å². The van der Waals surface area contributed by atoms with Crippen molar-refractivity contribution >= 4 is 34.9 Å². The summed E-state index contributed by atoms with van der Waals surface area (Å²) in [6.07, 6.45) is -1.11. The third kappa shape index (κ3) is 4.54. The Bertz CT molecular complexity index is 838. The minimum Gasteiger partial charge on any atom is -0.449 e. The van der Waals surface area contributed by atoms with E-state index in [0.717, 1.165) is 6.07 Å². The molecule has 8 heteroatoms. The van der Waals surface area contributed by atoms with Crippen LogP contribution in [0.15, 0.2) is 42.5 Å². The van der Waals surface area contributed by atoms with Crippen molar-refractivity contribution in [1.82, 2.24) is 0 Å². The molecule has 0 spiro atoms. The number of nitrogens with one attached hydrogen (secondary N) is 1. The summed E-state index contributed by atoms with van der Waals surface area (Å²) < 4.78 is 5.07. The molecule has 1 atom stereocenters. The van der Waals surface area contributed by atoms with E-state index in [0.29, 0.717) is 16.3 Å². The average molecular weight is 363 g/mol. The van der Waals surface area contributed by atoms with Gasteiger partial charge in [-0.05, 0) is 32.0 Å². The van der Waals surface area contributed by atoms with Gasteiger partial charge in [-0.15, -0.1) is 0 Å². The van der Waals surface area contributed by atoms with Gasteiger partial charge in [0.2, 0.25) is 0 Å². The molecule has 2 rings (SSSR count). The number of para-hydroxylation sites is 1. The number of rotatable bonds is 5. The first-order chi connectivity index (χ1) is 11.8. The number of halogens is 1. The van der Waals surface area contributed by atoms with Gasteiger partial charge < -0.3 is 10.1 Å². The fraction of sp³-hybridized carbons (Fsp3) is 0.176. The standard InChI is InChI=1S/C17H15ClN2O5/c1-10-7-8-12(9-15(10)20(23)24)17(22)25-11(2)16(21)19-14-6-4-3-5-13(14)18/h3-9,11H,1-2H3,(H,19,21)/t11-/m1/s1. The number of anilines is 1. The van der Waals surface area contributed by atoms with Gasteiger partial charge in [-0.25, -0.2) is 4.79 Å². The monoisotopic (exact) mass is 362 g/mol. The van der Waals surface area contributed by atoms with Gasteiger partial charge in [-0.2, -0.15) is 0 Å². The Morgan fingerprint density at radius 3 is 2.56 bits per heavy atom. The van der Waals surface area contributed by atoms with E-state index in [1.807, 2.05) is 0 Å². The molecule has 0 aliphatic heterocycles. The summed E-state index contributed by atoms with van der Waals surface area (Å²) in [5.41, 5.74) is 0.617. The zero-order valence-electron chi connectivity index (χ0n) is 13.5. The lowest BCUT2D eigenvalue weighted by atomic mass is 10.1. The predicted octanol–water partition coefficient (Wildman–Crippen LogP) is 3.74. The smallest absolute Gasteiger partial charge is 0.339 e. The Kier molecular flexibility index (Phi) is 5.71. The Hall–Kier alpha value is -2.93. The number of hydrogen-bond acceptors (Lipinski definition) is 5. The summed E-state index contributed by atoms with van der Waals surface area (Å²) in [5.74, 6) is -1.40. The highest BCUT2D eigenvalue weighted by atomic mass is 35.5. The van der Waals surface area contributed by atoms with E-state index in [2.05, 4.69) is 5.32 Å². The van der Waals surface area contributed by atoms with Crippen LogP contribution in [-0.4, -0.2) is 22.9 Å². The highest BCUT2D eigenvalue weighted by Crippen LogP contribution is 2.22. The number of aryl methyl sites for hydroxylation is 1. The SMILES string of the molecule is Cc1ccc(C(=O)O[C@H](C)C(=O)Nc2ccccc2Cl)cc1[N+](=O)[O-]. The molecule has 0 bridgehead atoms. The van der Waals surface area contributed by atoms with Crippen LogP contribution in [0.3, 0.4) is 0 Å². The van der Waals surface area contributed by atoms with Gasteiger partial charge in [-0.3, -0.25) is 14.9 Å². The molecule has 0 aliphatic rings. The molecule has 0 aromatic heterocycles. The maximum absolute atomic E-state index is 12.1. The van der Waals surface area contributed by atoms with Crippen molar-refractivity contribution in [2.75, 3.05) is 5.32 Å². The zero-order chi connectivity index (χ0) is 18.6. The van der Waals surface area contributed by atoms with E-state index in [-0.39, 0.29) is 11.3 Å². The van der Waals surface area contributed by atoms with E-state index in [4.69, 9.17) is 16.3 Å². The minimum atomic E-state index is -1.11. The van der Waals surface area contributed by atoms with Crippen LogP contribution in [0.2, 0.25) is 5.02 Å². The summed E-state index contributed by atoms with van der Waals surface area (Å²) in [5, 5.41) is 13.8. The van der Waals surface area contributed by atoms with Gasteiger partial charge in [-0.1, -0.05) is 29.8 Å². The van der Waals surface area contributed by atoms with Crippen LogP contribution in [0.1, 0.15) is 22.8 Å². The Labute approximate surface area is 148 Å². The fourth-order valence-corrected chi connectivity index (χ4v) is 2.20. The maximum atomic E-state index is 12.1. The van der Waals surface area contributed by atoms with E-state index in [1.54, 1.807) is 31.2 Å². The van der Waals surface area contributed by atoms with Gasteiger partial charge in [0, 0.05) is 11.6 Å². The summed E-state index contributed by atoms with van der Waals surface area (Å²) in [4.78, 5) is 34.6. The van der Waals surface area contributed by atoms with Gasteiger partial charge in [0.15, 0.2) is 6.10 Å². The number of nitro groups is 1. The van der Waals surface area contributed by atoms with Gasteiger partial charge in [0.1, 0.15) is 0 Å². The third-order valence-electron chi connectivity index (χ3n) is 3.43. The first-order valence-electron chi connectivity index (χ1n) is 7.31. The Morgan fingerprint density at radius 2 is 1.92 bits per heavy atom. The number of carbonyl (C=O) groups is 2. The molecular weight excluding hydrogens is 348 g/mol. The summed E-state index contributed by atoms with van der Waals surface area (Å²) in [6.45, 7) is 2.96. The lowest BCUT2D eigenvalue weighted by Gasteiger charge is -2.14. The molecule has 0 fully saturated rings. The number of hydrogen-bond donors (Lipinski definition) is 1. The Morgan fingerprint density at radius 1 is 1.24 bits per heavy atom. The normalized spacial score (nSPS) is 11.5. The molecule has 0 heterocycles. The van der Waals surface area contributed by atoms with E-state index in [1.165, 1.54) is 19.1 Å². The molecule has 1 amide bonds. The van der Waals surface area contributed by atoms with Crippen molar-refractivity contribution < 1.29 is 19.2 Å². The molecule has 1 N–H and O–H groups in total. The van der Waals surface area contributed by atoms with E-state index in [9.17, 15) is 19.7 Å². The zero-order valence-corrected chi connectivity index (χ0v) is 14.2. The van der Waals surface area contributed by atoms with Gasteiger partial charge >= 0.3 is 5.97 Å². The molecule has 0 unspecified atom stereocenters. The number of amides is 1.